The third-order valence-corrected chi connectivity index (χ3v) is 0.960. The second-order valence-electron chi connectivity index (χ2n) is 1.50. The fourth-order valence-electron chi connectivity index (χ4n) is 0.372. The van der Waals surface area contributed by atoms with Gasteiger partial charge in [-0.25, -0.2) is 0 Å². The molecule has 0 aromatic carbocycles. The molecule has 1 aromatic heterocycles. The number of aromatic amines is 1. The minimum absolute atomic E-state index is 0.874. The first-order valence-corrected chi connectivity index (χ1v) is 4.93. The highest BCUT2D eigenvalue weighted by Crippen LogP contribution is 1.82. The van der Waals surface area contributed by atoms with Crippen LogP contribution in [0.4, 0.5) is 0 Å². The van der Waals surface area contributed by atoms with Crippen LogP contribution in [0.3, 0.4) is 0 Å². The van der Waals surface area contributed by atoms with Gasteiger partial charge in [-0.2, -0.15) is 0 Å². The Labute approximate surface area is 80.0 Å². The van der Waals surface area contributed by atoms with Crippen molar-refractivity contribution >= 4 is 34.8 Å². The minimum atomic E-state index is 0.874. The zero-order valence-electron chi connectivity index (χ0n) is 5.80. The maximum absolute atomic E-state index is 4.79. The molecule has 0 atom stereocenters. The number of hydrogen-bond donors (Lipinski definition) is 1. The second-order valence-corrected chi connectivity index (χ2v) is 3.50. The van der Waals surface area contributed by atoms with Crippen molar-refractivity contribution in [3.05, 3.63) is 29.0 Å². The van der Waals surface area contributed by atoms with Gasteiger partial charge in [0.1, 0.15) is 0 Å². The molecule has 1 heterocycles. The van der Waals surface area contributed by atoms with Gasteiger partial charge in [0.2, 0.25) is 0 Å². The Bertz CT molecular complexity index is 191. The molecule has 0 radical (unpaired) electrons. The second kappa shape index (κ2) is 7.21. The van der Waals surface area contributed by atoms with E-state index >= 15 is 0 Å². The van der Waals surface area contributed by atoms with Gasteiger partial charge < -0.3 is 4.98 Å². The van der Waals surface area contributed by atoms with Crippen molar-refractivity contribution in [3.8, 4) is 0 Å². The van der Waals surface area contributed by atoms with E-state index in [1.54, 1.807) is 0 Å². The Balaban J connectivity index is 0.000000236. The van der Waals surface area contributed by atoms with Crippen molar-refractivity contribution in [1.29, 1.82) is 0 Å². The molecular formula is C7H10INS. The smallest absolute Gasteiger partial charge is 0.0406 e. The van der Waals surface area contributed by atoms with E-state index in [9.17, 15) is 0 Å². The summed E-state index contributed by atoms with van der Waals surface area (Å²) in [5.74, 6) is 0. The molecule has 0 spiro atoms. The zero-order chi connectivity index (χ0) is 7.82. The lowest BCUT2D eigenvalue weighted by Gasteiger charge is -1.75. The highest BCUT2D eigenvalue weighted by atomic mass is 127. The van der Waals surface area contributed by atoms with Gasteiger partial charge in [0.05, 0.1) is 0 Å². The van der Waals surface area contributed by atoms with Gasteiger partial charge >= 0.3 is 0 Å². The molecule has 10 heavy (non-hydrogen) atoms. The van der Waals surface area contributed by atoms with Crippen LogP contribution in [0.1, 0.15) is 6.92 Å². The summed E-state index contributed by atoms with van der Waals surface area (Å²) in [7, 11) is 0. The molecule has 0 aliphatic heterocycles. The predicted molar refractivity (Wildman–Crippen MR) is 56.2 cm³/mol. The molecule has 56 valence electrons. The molecule has 3 heteroatoms. The first kappa shape index (κ1) is 10.1. The Hall–Kier alpha value is 0.1000. The van der Waals surface area contributed by atoms with Crippen molar-refractivity contribution in [2.45, 2.75) is 6.92 Å². The molecule has 1 rings (SSSR count). The van der Waals surface area contributed by atoms with Crippen LogP contribution in [0.25, 0.3) is 0 Å². The maximum atomic E-state index is 4.79. The molecule has 0 aliphatic carbocycles. The van der Waals surface area contributed by atoms with Crippen LogP contribution in [0.2, 0.25) is 0 Å². The number of alkyl halides is 1. The summed E-state index contributed by atoms with van der Waals surface area (Å²) in [5, 5.41) is 0. The van der Waals surface area contributed by atoms with Crippen molar-refractivity contribution in [3.63, 3.8) is 0 Å². The van der Waals surface area contributed by atoms with Gasteiger partial charge in [-0.05, 0) is 16.6 Å². The summed E-state index contributed by atoms with van der Waals surface area (Å²) < 4.78 is 2.09. The molecule has 0 fully saturated rings. The average Bonchev–Trinajstić information content (AvgIpc) is 1.91. The van der Waals surface area contributed by atoms with Crippen LogP contribution in [-0.2, 0) is 0 Å². The number of nitrogens with one attached hydrogen (secondary N) is 1. The summed E-state index contributed by atoms with van der Waals surface area (Å²) in [6.07, 6.45) is 3.62. The normalized spacial score (nSPS) is 7.80. The molecular weight excluding hydrogens is 257 g/mol. The molecule has 1 N–H and O–H groups in total. The molecule has 1 nitrogen and oxygen atoms in total. The van der Waals surface area contributed by atoms with Gasteiger partial charge in [-0.1, -0.05) is 41.7 Å². The summed E-state index contributed by atoms with van der Waals surface area (Å²) in [6.45, 7) is 2.11. The fraction of sp³-hybridized carbons (Fsp3) is 0.286. The van der Waals surface area contributed by atoms with E-state index in [2.05, 4.69) is 34.5 Å². The topological polar surface area (TPSA) is 15.8 Å². The SMILES string of the molecule is CCI.S=c1cc[nH]cc1. The fourth-order valence-corrected chi connectivity index (χ4v) is 0.508. The summed E-state index contributed by atoms with van der Waals surface area (Å²) in [5.41, 5.74) is 0. The van der Waals surface area contributed by atoms with Crippen molar-refractivity contribution in [2.24, 2.45) is 0 Å². The number of H-pyrrole nitrogens is 1. The first-order chi connectivity index (χ1) is 4.81. The van der Waals surface area contributed by atoms with Gasteiger partial charge in [-0.15, -0.1) is 0 Å². The first-order valence-electron chi connectivity index (χ1n) is 3.00. The maximum Gasteiger partial charge on any atom is 0.0406 e. The predicted octanol–water partition coefficient (Wildman–Crippen LogP) is 3.19. The molecule has 0 amide bonds. The average molecular weight is 267 g/mol. The third-order valence-electron chi connectivity index (χ3n) is 0.688. The molecule has 1 aromatic rings. The van der Waals surface area contributed by atoms with E-state index in [0.717, 1.165) is 4.51 Å². The standard InChI is InChI=1S/C5H5NS.C2H5I/c7-5-1-3-6-4-2-5;1-2-3/h1-4H,(H,6,7);2H2,1H3. The van der Waals surface area contributed by atoms with Gasteiger partial charge in [0.25, 0.3) is 0 Å². The molecule has 0 saturated carbocycles. The van der Waals surface area contributed by atoms with Gasteiger partial charge in [0, 0.05) is 16.9 Å². The Morgan fingerprint density at radius 1 is 1.50 bits per heavy atom. The summed E-state index contributed by atoms with van der Waals surface area (Å²) in [4.78, 5) is 2.87. The largest absolute Gasteiger partial charge is 0.368 e. The summed E-state index contributed by atoms with van der Waals surface area (Å²) in [6, 6.07) is 3.69. The Morgan fingerprint density at radius 2 is 1.90 bits per heavy atom. The Morgan fingerprint density at radius 3 is 2.10 bits per heavy atom. The highest BCUT2D eigenvalue weighted by molar-refractivity contribution is 14.1. The van der Waals surface area contributed by atoms with Gasteiger partial charge in [-0.3, -0.25) is 0 Å². The lowest BCUT2D eigenvalue weighted by Crippen LogP contribution is -1.62. The van der Waals surface area contributed by atoms with E-state index in [1.807, 2.05) is 24.5 Å². The van der Waals surface area contributed by atoms with E-state index in [4.69, 9.17) is 12.2 Å². The molecule has 0 saturated heterocycles. The van der Waals surface area contributed by atoms with Crippen molar-refractivity contribution in [1.82, 2.24) is 4.98 Å². The van der Waals surface area contributed by atoms with E-state index < -0.39 is 0 Å². The van der Waals surface area contributed by atoms with Gasteiger partial charge in [0.15, 0.2) is 0 Å². The monoisotopic (exact) mass is 267 g/mol. The van der Waals surface area contributed by atoms with E-state index in [0.29, 0.717) is 0 Å². The number of pyridine rings is 1. The van der Waals surface area contributed by atoms with Crippen LogP contribution < -0.4 is 0 Å². The lowest BCUT2D eigenvalue weighted by atomic mass is 10.5. The van der Waals surface area contributed by atoms with Crippen LogP contribution in [0.15, 0.2) is 24.5 Å². The van der Waals surface area contributed by atoms with Crippen molar-refractivity contribution < 1.29 is 0 Å². The molecule has 0 unspecified atom stereocenters. The molecule has 0 aliphatic rings. The van der Waals surface area contributed by atoms with Crippen LogP contribution in [-0.4, -0.2) is 9.41 Å². The number of aromatic nitrogens is 1. The third kappa shape index (κ3) is 6.22. The lowest BCUT2D eigenvalue weighted by molar-refractivity contribution is 1.32. The number of rotatable bonds is 0. The van der Waals surface area contributed by atoms with Crippen LogP contribution >= 0.6 is 34.8 Å². The van der Waals surface area contributed by atoms with E-state index in [-0.39, 0.29) is 0 Å². The van der Waals surface area contributed by atoms with Crippen LogP contribution in [0, 0.1) is 4.51 Å². The zero-order valence-corrected chi connectivity index (χ0v) is 8.78. The molecule has 0 bridgehead atoms. The Kier molecular flexibility index (Phi) is 7.28. The van der Waals surface area contributed by atoms with Crippen molar-refractivity contribution in [2.75, 3.05) is 4.43 Å². The minimum Gasteiger partial charge on any atom is -0.368 e. The highest BCUT2D eigenvalue weighted by Gasteiger charge is 1.66. The van der Waals surface area contributed by atoms with Crippen LogP contribution in [0.5, 0.6) is 0 Å². The number of halogens is 1. The van der Waals surface area contributed by atoms with E-state index in [1.165, 1.54) is 4.43 Å². The number of hydrogen-bond acceptors (Lipinski definition) is 1. The summed E-state index contributed by atoms with van der Waals surface area (Å²) >= 11 is 7.08. The quantitative estimate of drug-likeness (QED) is 0.433.